The standard InChI is InChI=1S/C36H27N3O/c1-23-19-24(2)36(40)30(20-23)32-12-8-13-35(38-32)39-33-17-15-26(25-9-4-3-5-10-25)21-29(33)28-16-14-27(22-34(28)39)31-11-6-7-18-37-31/h3-22,40H,1-2H3. The Kier molecular flexibility index (Phi) is 5.67. The number of aromatic hydroxyl groups is 1. The van der Waals surface area contributed by atoms with Crippen molar-refractivity contribution >= 4 is 21.8 Å². The highest BCUT2D eigenvalue weighted by Gasteiger charge is 2.17. The van der Waals surface area contributed by atoms with Crippen LogP contribution in [0.1, 0.15) is 11.1 Å². The second-order valence-electron chi connectivity index (χ2n) is 10.2. The SMILES string of the molecule is Cc1cc(C)c(O)c(-c2cccc(-n3c4ccc(-c5ccccc5)cc4c4ccc(-c5ccccn5)cc43)n2)c1. The quantitative estimate of drug-likeness (QED) is 0.254. The average molecular weight is 518 g/mol. The van der Waals surface area contributed by atoms with Gasteiger partial charge in [0.2, 0.25) is 0 Å². The van der Waals surface area contributed by atoms with Crippen molar-refractivity contribution in [1.82, 2.24) is 14.5 Å². The van der Waals surface area contributed by atoms with Crippen LogP contribution in [0.4, 0.5) is 0 Å². The lowest BCUT2D eigenvalue weighted by Crippen LogP contribution is -1.99. The Morgan fingerprint density at radius 3 is 2.23 bits per heavy atom. The Morgan fingerprint density at radius 1 is 0.600 bits per heavy atom. The number of fused-ring (bicyclic) bond motifs is 3. The molecule has 0 spiro atoms. The molecule has 192 valence electrons. The molecule has 3 aromatic heterocycles. The Bertz CT molecular complexity index is 2030. The third-order valence-electron chi connectivity index (χ3n) is 7.52. The van der Waals surface area contributed by atoms with Gasteiger partial charge in [-0.05, 0) is 84.6 Å². The largest absolute Gasteiger partial charge is 0.507 e. The van der Waals surface area contributed by atoms with Crippen LogP contribution < -0.4 is 0 Å². The molecule has 1 N–H and O–H groups in total. The molecule has 0 aliphatic rings. The molecule has 4 heteroatoms. The lowest BCUT2D eigenvalue weighted by molar-refractivity contribution is 0.473. The van der Waals surface area contributed by atoms with Gasteiger partial charge in [0.25, 0.3) is 0 Å². The van der Waals surface area contributed by atoms with E-state index in [1.54, 1.807) is 0 Å². The second-order valence-corrected chi connectivity index (χ2v) is 10.2. The van der Waals surface area contributed by atoms with Crippen LogP contribution in [0.25, 0.3) is 61.3 Å². The molecule has 0 unspecified atom stereocenters. The number of hydrogen-bond acceptors (Lipinski definition) is 3. The van der Waals surface area contributed by atoms with Gasteiger partial charge in [0.1, 0.15) is 11.6 Å². The van der Waals surface area contributed by atoms with Gasteiger partial charge in [-0.25, -0.2) is 4.98 Å². The van der Waals surface area contributed by atoms with Crippen molar-refractivity contribution in [1.29, 1.82) is 0 Å². The fourth-order valence-corrected chi connectivity index (χ4v) is 5.62. The van der Waals surface area contributed by atoms with Crippen molar-refractivity contribution in [2.45, 2.75) is 13.8 Å². The van der Waals surface area contributed by atoms with E-state index in [2.05, 4.69) is 70.2 Å². The highest BCUT2D eigenvalue weighted by Crippen LogP contribution is 2.38. The summed E-state index contributed by atoms with van der Waals surface area (Å²) in [6, 6.07) is 39.5. The van der Waals surface area contributed by atoms with Gasteiger partial charge in [-0.2, -0.15) is 0 Å². The fourth-order valence-electron chi connectivity index (χ4n) is 5.62. The molecule has 40 heavy (non-hydrogen) atoms. The normalized spacial score (nSPS) is 11.3. The number of hydrogen-bond donors (Lipinski definition) is 1. The van der Waals surface area contributed by atoms with Crippen LogP contribution in [-0.2, 0) is 0 Å². The maximum Gasteiger partial charge on any atom is 0.138 e. The molecule has 0 aliphatic carbocycles. The number of aromatic nitrogens is 3. The van der Waals surface area contributed by atoms with E-state index in [1.807, 2.05) is 74.6 Å². The van der Waals surface area contributed by atoms with Gasteiger partial charge < -0.3 is 5.11 Å². The monoisotopic (exact) mass is 517 g/mol. The van der Waals surface area contributed by atoms with E-state index in [1.165, 1.54) is 11.1 Å². The minimum atomic E-state index is 0.266. The van der Waals surface area contributed by atoms with Crippen LogP contribution in [0.2, 0.25) is 0 Å². The zero-order chi connectivity index (χ0) is 27.2. The molecular weight excluding hydrogens is 490 g/mol. The first kappa shape index (κ1) is 23.9. The van der Waals surface area contributed by atoms with E-state index in [-0.39, 0.29) is 5.75 Å². The Labute approximate surface area is 232 Å². The van der Waals surface area contributed by atoms with Gasteiger partial charge in [-0.3, -0.25) is 9.55 Å². The predicted molar refractivity (Wildman–Crippen MR) is 164 cm³/mol. The summed E-state index contributed by atoms with van der Waals surface area (Å²) in [5.41, 5.74) is 9.84. The molecule has 7 rings (SSSR count). The Hall–Kier alpha value is -5.22. The van der Waals surface area contributed by atoms with Crippen LogP contribution in [0.5, 0.6) is 5.75 Å². The average Bonchev–Trinajstić information content (AvgIpc) is 3.33. The van der Waals surface area contributed by atoms with Crippen LogP contribution in [0.15, 0.2) is 121 Å². The summed E-state index contributed by atoms with van der Waals surface area (Å²) in [6.07, 6.45) is 1.82. The topological polar surface area (TPSA) is 50.9 Å². The number of phenolic OH excluding ortho intramolecular Hbond substituents is 1. The number of aryl methyl sites for hydroxylation is 2. The highest BCUT2D eigenvalue weighted by molar-refractivity contribution is 6.11. The maximum atomic E-state index is 10.9. The van der Waals surface area contributed by atoms with Crippen molar-refractivity contribution < 1.29 is 5.11 Å². The van der Waals surface area contributed by atoms with Crippen LogP contribution >= 0.6 is 0 Å². The van der Waals surface area contributed by atoms with E-state index in [0.717, 1.165) is 61.3 Å². The zero-order valence-corrected chi connectivity index (χ0v) is 22.3. The van der Waals surface area contributed by atoms with E-state index in [9.17, 15) is 5.11 Å². The molecule has 0 fully saturated rings. The number of phenols is 1. The maximum absolute atomic E-state index is 10.9. The zero-order valence-electron chi connectivity index (χ0n) is 22.3. The summed E-state index contributed by atoms with van der Waals surface area (Å²) in [4.78, 5) is 9.69. The van der Waals surface area contributed by atoms with E-state index in [0.29, 0.717) is 0 Å². The summed E-state index contributed by atoms with van der Waals surface area (Å²) in [6.45, 7) is 3.96. The molecule has 0 saturated carbocycles. The first-order valence-electron chi connectivity index (χ1n) is 13.4. The summed E-state index contributed by atoms with van der Waals surface area (Å²) in [5.74, 6) is 1.06. The Balaban J connectivity index is 1.50. The van der Waals surface area contributed by atoms with Gasteiger partial charge in [0.15, 0.2) is 0 Å². The van der Waals surface area contributed by atoms with Gasteiger partial charge in [-0.1, -0.05) is 66.7 Å². The van der Waals surface area contributed by atoms with E-state index < -0.39 is 0 Å². The number of nitrogens with zero attached hydrogens (tertiary/aromatic N) is 3. The smallest absolute Gasteiger partial charge is 0.138 e. The molecular formula is C36H27N3O. The summed E-state index contributed by atoms with van der Waals surface area (Å²) in [7, 11) is 0. The summed E-state index contributed by atoms with van der Waals surface area (Å²) in [5, 5.41) is 13.2. The van der Waals surface area contributed by atoms with Crippen molar-refractivity contribution in [3.63, 3.8) is 0 Å². The van der Waals surface area contributed by atoms with Gasteiger partial charge >= 0.3 is 0 Å². The van der Waals surface area contributed by atoms with Crippen LogP contribution in [0, 0.1) is 13.8 Å². The number of rotatable bonds is 4. The second kappa shape index (κ2) is 9.51. The van der Waals surface area contributed by atoms with Gasteiger partial charge in [-0.15, -0.1) is 0 Å². The molecule has 0 bridgehead atoms. The molecule has 4 nitrogen and oxygen atoms in total. The van der Waals surface area contributed by atoms with Crippen molar-refractivity contribution in [3.8, 4) is 45.2 Å². The summed E-state index contributed by atoms with van der Waals surface area (Å²) < 4.78 is 2.22. The number of pyridine rings is 2. The van der Waals surface area contributed by atoms with Crippen molar-refractivity contribution in [2.24, 2.45) is 0 Å². The predicted octanol–water partition coefficient (Wildman–Crippen LogP) is 8.90. The molecule has 0 aliphatic heterocycles. The van der Waals surface area contributed by atoms with Gasteiger partial charge in [0.05, 0.1) is 22.4 Å². The first-order valence-corrected chi connectivity index (χ1v) is 13.4. The van der Waals surface area contributed by atoms with Crippen molar-refractivity contribution in [3.05, 3.63) is 133 Å². The van der Waals surface area contributed by atoms with Crippen LogP contribution in [-0.4, -0.2) is 19.6 Å². The fraction of sp³-hybridized carbons (Fsp3) is 0.0556. The lowest BCUT2D eigenvalue weighted by atomic mass is 10.0. The molecule has 0 atom stereocenters. The van der Waals surface area contributed by atoms with Crippen LogP contribution in [0.3, 0.4) is 0 Å². The minimum absolute atomic E-state index is 0.266. The molecule has 3 heterocycles. The van der Waals surface area contributed by atoms with Gasteiger partial charge in [0, 0.05) is 28.1 Å². The molecule has 0 saturated heterocycles. The van der Waals surface area contributed by atoms with E-state index >= 15 is 0 Å². The third-order valence-corrected chi connectivity index (χ3v) is 7.52. The number of benzene rings is 4. The lowest BCUT2D eigenvalue weighted by Gasteiger charge is -2.12. The first-order chi connectivity index (χ1) is 19.6. The third kappa shape index (κ3) is 4.02. The highest BCUT2D eigenvalue weighted by atomic mass is 16.3. The molecule has 0 radical (unpaired) electrons. The Morgan fingerprint density at radius 2 is 1.40 bits per heavy atom. The summed E-state index contributed by atoms with van der Waals surface area (Å²) >= 11 is 0. The molecule has 0 amide bonds. The molecule has 7 aromatic rings. The molecule has 4 aromatic carbocycles. The minimum Gasteiger partial charge on any atom is -0.507 e. The van der Waals surface area contributed by atoms with E-state index in [4.69, 9.17) is 4.98 Å². The van der Waals surface area contributed by atoms with Crippen molar-refractivity contribution in [2.75, 3.05) is 0 Å².